The van der Waals surface area contributed by atoms with Crippen LogP contribution in [0.3, 0.4) is 0 Å². The van der Waals surface area contributed by atoms with Crippen LogP contribution >= 0.6 is 11.6 Å². The molecule has 0 amide bonds. The molecule has 0 nitrogen and oxygen atoms in total. The van der Waals surface area contributed by atoms with Crippen LogP contribution in [-0.4, -0.2) is 11.6 Å². The zero-order valence-corrected chi connectivity index (χ0v) is 10.3. The van der Waals surface area contributed by atoms with Gasteiger partial charge in [-0.05, 0) is 18.8 Å². The Bertz CT molecular complexity index is 168. The van der Waals surface area contributed by atoms with Gasteiger partial charge in [-0.25, -0.2) is 0 Å². The summed E-state index contributed by atoms with van der Waals surface area (Å²) in [6.45, 7) is 5.66. The zero-order valence-electron chi connectivity index (χ0n) is 9.57. The smallest absolute Gasteiger partial charge is 0.171 e. The van der Waals surface area contributed by atoms with Crippen LogP contribution in [0.25, 0.3) is 0 Å². The Morgan fingerprint density at radius 1 is 1.07 bits per heavy atom. The minimum atomic E-state index is -4.16. The normalized spacial score (nSPS) is 18.6. The molecule has 0 aromatic rings. The van der Waals surface area contributed by atoms with Gasteiger partial charge in [0.2, 0.25) is 0 Å². The molecule has 0 saturated heterocycles. The highest BCUT2D eigenvalue weighted by atomic mass is 35.5. The van der Waals surface area contributed by atoms with Crippen molar-refractivity contribution in [2.24, 2.45) is 11.8 Å². The van der Waals surface area contributed by atoms with E-state index >= 15 is 0 Å². The van der Waals surface area contributed by atoms with Gasteiger partial charge in [0.15, 0.2) is 0 Å². The van der Waals surface area contributed by atoms with E-state index in [4.69, 9.17) is 11.6 Å². The van der Waals surface area contributed by atoms with Crippen molar-refractivity contribution < 1.29 is 13.2 Å². The van der Waals surface area contributed by atoms with E-state index in [1.54, 1.807) is 6.92 Å². The predicted molar refractivity (Wildman–Crippen MR) is 58.2 cm³/mol. The lowest BCUT2D eigenvalue weighted by atomic mass is 9.91. The average molecular weight is 245 g/mol. The molecule has 0 saturated carbocycles. The molecule has 4 heteroatoms. The van der Waals surface area contributed by atoms with Gasteiger partial charge in [-0.15, -0.1) is 11.6 Å². The van der Waals surface area contributed by atoms with E-state index in [0.717, 1.165) is 6.42 Å². The van der Waals surface area contributed by atoms with E-state index in [2.05, 4.69) is 0 Å². The lowest BCUT2D eigenvalue weighted by molar-refractivity contribution is -0.177. The fraction of sp³-hybridized carbons (Fsp3) is 1.00. The number of hydrogen-bond donors (Lipinski definition) is 0. The lowest BCUT2D eigenvalue weighted by Gasteiger charge is -2.25. The molecule has 0 rings (SSSR count). The van der Waals surface area contributed by atoms with E-state index in [-0.39, 0.29) is 6.42 Å². The molecule has 0 aliphatic heterocycles. The maximum atomic E-state index is 12.6. The SMILES string of the molecule is CCC(C)CCC(C(Cl)CC)C(F)(F)F. The first kappa shape index (κ1) is 15.1. The Morgan fingerprint density at radius 3 is 1.93 bits per heavy atom. The van der Waals surface area contributed by atoms with Gasteiger partial charge in [0.05, 0.1) is 5.92 Å². The van der Waals surface area contributed by atoms with Crippen LogP contribution in [0, 0.1) is 11.8 Å². The van der Waals surface area contributed by atoms with Crippen molar-refractivity contribution in [2.45, 2.75) is 58.0 Å². The summed E-state index contributed by atoms with van der Waals surface area (Å²) in [5.41, 5.74) is 0. The van der Waals surface area contributed by atoms with E-state index in [1.807, 2.05) is 13.8 Å². The van der Waals surface area contributed by atoms with Crippen LogP contribution in [-0.2, 0) is 0 Å². The van der Waals surface area contributed by atoms with Gasteiger partial charge in [-0.2, -0.15) is 13.2 Å². The van der Waals surface area contributed by atoms with Gasteiger partial charge in [-0.1, -0.05) is 33.6 Å². The number of alkyl halides is 4. The first-order valence-electron chi connectivity index (χ1n) is 5.53. The molecular formula is C11H20ClF3. The Kier molecular flexibility index (Phi) is 6.65. The molecular weight excluding hydrogens is 225 g/mol. The Morgan fingerprint density at radius 2 is 1.60 bits per heavy atom. The van der Waals surface area contributed by atoms with Crippen molar-refractivity contribution >= 4 is 11.6 Å². The van der Waals surface area contributed by atoms with E-state index < -0.39 is 17.5 Å². The molecule has 0 radical (unpaired) electrons. The van der Waals surface area contributed by atoms with Gasteiger partial charge < -0.3 is 0 Å². The third-order valence-electron chi connectivity index (χ3n) is 2.91. The van der Waals surface area contributed by atoms with Crippen molar-refractivity contribution in [3.63, 3.8) is 0 Å². The Hall–Kier alpha value is 0.0800. The minimum absolute atomic E-state index is 0.153. The summed E-state index contributed by atoms with van der Waals surface area (Å²) in [5.74, 6) is -1.01. The molecule has 0 bridgehead atoms. The summed E-state index contributed by atoms with van der Waals surface area (Å²) in [5, 5.41) is -0.783. The molecule has 0 aromatic carbocycles. The average Bonchev–Trinajstić information content (AvgIpc) is 2.15. The zero-order chi connectivity index (χ0) is 12.1. The second-order valence-corrected chi connectivity index (χ2v) is 4.72. The third-order valence-corrected chi connectivity index (χ3v) is 3.53. The van der Waals surface area contributed by atoms with E-state index in [1.165, 1.54) is 0 Å². The van der Waals surface area contributed by atoms with Crippen molar-refractivity contribution in [3.8, 4) is 0 Å². The Labute approximate surface area is 95.2 Å². The first-order valence-corrected chi connectivity index (χ1v) is 5.97. The highest BCUT2D eigenvalue weighted by Crippen LogP contribution is 2.37. The second kappa shape index (κ2) is 6.62. The van der Waals surface area contributed by atoms with Gasteiger partial charge in [0.25, 0.3) is 0 Å². The lowest BCUT2D eigenvalue weighted by Crippen LogP contribution is -2.31. The summed E-state index contributed by atoms with van der Waals surface area (Å²) in [6.07, 6.45) is -2.11. The van der Waals surface area contributed by atoms with Crippen molar-refractivity contribution in [1.82, 2.24) is 0 Å². The van der Waals surface area contributed by atoms with Crippen LogP contribution in [0.15, 0.2) is 0 Å². The summed E-state index contributed by atoms with van der Waals surface area (Å²) >= 11 is 5.72. The maximum absolute atomic E-state index is 12.6. The van der Waals surface area contributed by atoms with Crippen LogP contribution in [0.5, 0.6) is 0 Å². The summed E-state index contributed by atoms with van der Waals surface area (Å²) in [4.78, 5) is 0. The molecule has 15 heavy (non-hydrogen) atoms. The molecule has 92 valence electrons. The van der Waals surface area contributed by atoms with Crippen LogP contribution in [0.1, 0.15) is 46.5 Å². The standard InChI is InChI=1S/C11H20ClF3/c1-4-8(3)6-7-9(10(12)5-2)11(13,14)15/h8-10H,4-7H2,1-3H3. The molecule has 0 fully saturated rings. The van der Waals surface area contributed by atoms with Crippen LogP contribution in [0.2, 0.25) is 0 Å². The molecule has 0 heterocycles. The summed E-state index contributed by atoms with van der Waals surface area (Å²) in [6, 6.07) is 0. The molecule has 0 aliphatic rings. The third kappa shape index (κ3) is 5.64. The maximum Gasteiger partial charge on any atom is 0.393 e. The van der Waals surface area contributed by atoms with Gasteiger partial charge in [0, 0.05) is 5.38 Å². The molecule has 0 aliphatic carbocycles. The minimum Gasteiger partial charge on any atom is -0.171 e. The van der Waals surface area contributed by atoms with Gasteiger partial charge in [-0.3, -0.25) is 0 Å². The number of hydrogen-bond acceptors (Lipinski definition) is 0. The van der Waals surface area contributed by atoms with Crippen LogP contribution in [0.4, 0.5) is 13.2 Å². The highest BCUT2D eigenvalue weighted by Gasteiger charge is 2.42. The predicted octanol–water partition coefficient (Wildman–Crippen LogP) is 5.01. The largest absolute Gasteiger partial charge is 0.393 e. The fourth-order valence-electron chi connectivity index (χ4n) is 1.50. The van der Waals surface area contributed by atoms with Gasteiger partial charge >= 0.3 is 6.18 Å². The molecule has 0 N–H and O–H groups in total. The van der Waals surface area contributed by atoms with E-state index in [0.29, 0.717) is 18.8 Å². The van der Waals surface area contributed by atoms with Gasteiger partial charge in [0.1, 0.15) is 0 Å². The van der Waals surface area contributed by atoms with E-state index in [9.17, 15) is 13.2 Å². The molecule has 0 aromatic heterocycles. The molecule has 0 spiro atoms. The number of halogens is 4. The van der Waals surface area contributed by atoms with Crippen molar-refractivity contribution in [1.29, 1.82) is 0 Å². The number of rotatable bonds is 6. The van der Waals surface area contributed by atoms with Crippen molar-refractivity contribution in [3.05, 3.63) is 0 Å². The first-order chi connectivity index (χ1) is 6.82. The monoisotopic (exact) mass is 244 g/mol. The summed E-state index contributed by atoms with van der Waals surface area (Å²) in [7, 11) is 0. The second-order valence-electron chi connectivity index (χ2n) is 4.16. The molecule has 3 unspecified atom stereocenters. The quantitative estimate of drug-likeness (QED) is 0.576. The Balaban J connectivity index is 4.27. The fourth-order valence-corrected chi connectivity index (χ4v) is 1.77. The van der Waals surface area contributed by atoms with Crippen LogP contribution < -0.4 is 0 Å². The highest BCUT2D eigenvalue weighted by molar-refractivity contribution is 6.20. The summed E-state index contributed by atoms with van der Waals surface area (Å²) < 4.78 is 37.9. The topological polar surface area (TPSA) is 0 Å². The van der Waals surface area contributed by atoms with Crippen molar-refractivity contribution in [2.75, 3.05) is 0 Å². The molecule has 3 atom stereocenters.